The van der Waals surface area contributed by atoms with E-state index in [2.05, 4.69) is 17.1 Å². The number of para-hydroxylation sites is 1. The number of hydrogen-bond acceptors (Lipinski definition) is 3. The highest BCUT2D eigenvalue weighted by molar-refractivity contribution is 5.85. The monoisotopic (exact) mass is 262 g/mol. The Hall–Kier alpha value is -1.55. The first kappa shape index (κ1) is 13.9. The molecule has 1 aliphatic rings. The zero-order chi connectivity index (χ0) is 13.7. The molecule has 0 aliphatic carbocycles. The maximum Gasteiger partial charge on any atom is 0.411 e. The molecule has 0 saturated carbocycles. The molecule has 2 rings (SSSR count). The van der Waals surface area contributed by atoms with E-state index in [0.717, 1.165) is 43.7 Å². The molecule has 104 valence electrons. The predicted octanol–water partition coefficient (Wildman–Crippen LogP) is 3.03. The van der Waals surface area contributed by atoms with Gasteiger partial charge in [0.2, 0.25) is 0 Å². The van der Waals surface area contributed by atoms with Crippen LogP contribution in [0.15, 0.2) is 24.3 Å². The van der Waals surface area contributed by atoms with Gasteiger partial charge in [-0.3, -0.25) is 10.2 Å². The van der Waals surface area contributed by atoms with Crippen LogP contribution in [0.25, 0.3) is 0 Å². The van der Waals surface area contributed by atoms with E-state index in [0.29, 0.717) is 0 Å². The maximum absolute atomic E-state index is 11.9. The van der Waals surface area contributed by atoms with Crippen molar-refractivity contribution in [1.29, 1.82) is 0 Å². The lowest BCUT2D eigenvalue weighted by Gasteiger charge is -2.31. The van der Waals surface area contributed by atoms with E-state index in [4.69, 9.17) is 4.74 Å². The Morgan fingerprint density at radius 1 is 1.47 bits per heavy atom. The Balaban J connectivity index is 1.86. The van der Waals surface area contributed by atoms with Crippen LogP contribution in [0.3, 0.4) is 0 Å². The minimum absolute atomic E-state index is 0.0118. The second kappa shape index (κ2) is 6.57. The smallest absolute Gasteiger partial charge is 0.411 e. The zero-order valence-corrected chi connectivity index (χ0v) is 11.7. The Bertz CT molecular complexity index is 434. The molecule has 1 N–H and O–H groups in total. The number of nitrogens with one attached hydrogen (secondary N) is 1. The summed E-state index contributed by atoms with van der Waals surface area (Å²) in [5.74, 6) is 0. The molecule has 1 amide bonds. The van der Waals surface area contributed by atoms with Crippen molar-refractivity contribution >= 4 is 11.8 Å². The molecular weight excluding hydrogens is 240 g/mol. The van der Waals surface area contributed by atoms with Gasteiger partial charge in [0, 0.05) is 12.2 Å². The van der Waals surface area contributed by atoms with Crippen LogP contribution in [0.4, 0.5) is 10.5 Å². The summed E-state index contributed by atoms with van der Waals surface area (Å²) in [5.41, 5.74) is 1.86. The first-order valence-electron chi connectivity index (χ1n) is 6.94. The molecule has 4 heteroatoms. The van der Waals surface area contributed by atoms with Gasteiger partial charge in [0.1, 0.15) is 6.10 Å². The van der Waals surface area contributed by atoms with Crippen molar-refractivity contribution in [3.63, 3.8) is 0 Å². The van der Waals surface area contributed by atoms with E-state index < -0.39 is 0 Å². The highest BCUT2D eigenvalue weighted by Gasteiger charge is 2.22. The molecule has 1 fully saturated rings. The number of benzene rings is 1. The van der Waals surface area contributed by atoms with Crippen LogP contribution in [0.1, 0.15) is 25.3 Å². The second-order valence-electron chi connectivity index (χ2n) is 5.00. The molecule has 1 aliphatic heterocycles. The van der Waals surface area contributed by atoms with Crippen LogP contribution >= 0.6 is 0 Å². The third-order valence-electron chi connectivity index (χ3n) is 3.56. The van der Waals surface area contributed by atoms with Gasteiger partial charge in [-0.1, -0.05) is 25.1 Å². The number of likely N-dealkylation sites (N-methyl/N-ethyl adjacent to an activating group) is 1. The lowest BCUT2D eigenvalue weighted by Crippen LogP contribution is -2.40. The molecule has 0 aromatic heterocycles. The Labute approximate surface area is 114 Å². The normalized spacial score (nSPS) is 20.0. The summed E-state index contributed by atoms with van der Waals surface area (Å²) in [6.07, 6.45) is 1.71. The van der Waals surface area contributed by atoms with E-state index in [1.54, 1.807) is 0 Å². The summed E-state index contributed by atoms with van der Waals surface area (Å²) in [6, 6.07) is 7.71. The van der Waals surface area contributed by atoms with Gasteiger partial charge in [-0.05, 0) is 44.5 Å². The highest BCUT2D eigenvalue weighted by Crippen LogP contribution is 2.16. The second-order valence-corrected chi connectivity index (χ2v) is 5.00. The molecule has 1 heterocycles. The molecular formula is C15H22N2O2. The third kappa shape index (κ3) is 3.96. The van der Waals surface area contributed by atoms with Crippen LogP contribution in [0, 0.1) is 6.92 Å². The first-order valence-corrected chi connectivity index (χ1v) is 6.94. The average molecular weight is 262 g/mol. The molecule has 1 aromatic rings. The van der Waals surface area contributed by atoms with Crippen molar-refractivity contribution in [1.82, 2.24) is 4.90 Å². The Morgan fingerprint density at radius 3 is 3.00 bits per heavy atom. The zero-order valence-electron chi connectivity index (χ0n) is 11.7. The van der Waals surface area contributed by atoms with Crippen molar-refractivity contribution in [3.8, 4) is 0 Å². The summed E-state index contributed by atoms with van der Waals surface area (Å²) in [6.45, 7) is 7.07. The molecule has 1 atom stereocenters. The Kier molecular flexibility index (Phi) is 4.80. The molecule has 4 nitrogen and oxygen atoms in total. The number of nitrogens with zero attached hydrogens (tertiary/aromatic N) is 1. The predicted molar refractivity (Wildman–Crippen MR) is 76.4 cm³/mol. The van der Waals surface area contributed by atoms with E-state index in [1.165, 1.54) is 0 Å². The van der Waals surface area contributed by atoms with Gasteiger partial charge < -0.3 is 4.74 Å². The number of piperidine rings is 1. The number of likely N-dealkylation sites (tertiary alicyclic amines) is 1. The van der Waals surface area contributed by atoms with Gasteiger partial charge in [-0.25, -0.2) is 4.79 Å². The first-order chi connectivity index (χ1) is 9.19. The van der Waals surface area contributed by atoms with E-state index in [-0.39, 0.29) is 12.2 Å². The lowest BCUT2D eigenvalue weighted by atomic mass is 10.1. The Morgan fingerprint density at radius 2 is 2.26 bits per heavy atom. The fourth-order valence-electron chi connectivity index (χ4n) is 2.40. The number of carbonyl (C=O) groups excluding carboxylic acids is 1. The van der Waals surface area contributed by atoms with Gasteiger partial charge in [-0.15, -0.1) is 0 Å². The number of aryl methyl sites for hydroxylation is 1. The molecule has 0 bridgehead atoms. The van der Waals surface area contributed by atoms with Crippen LogP contribution in [0.2, 0.25) is 0 Å². The average Bonchev–Trinajstić information content (AvgIpc) is 2.41. The highest BCUT2D eigenvalue weighted by atomic mass is 16.6. The minimum Gasteiger partial charge on any atom is -0.445 e. The lowest BCUT2D eigenvalue weighted by molar-refractivity contribution is 0.0519. The molecule has 1 aromatic carbocycles. The topological polar surface area (TPSA) is 41.6 Å². The third-order valence-corrected chi connectivity index (χ3v) is 3.56. The fraction of sp³-hybridized carbons (Fsp3) is 0.533. The van der Waals surface area contributed by atoms with E-state index >= 15 is 0 Å². The summed E-state index contributed by atoms with van der Waals surface area (Å²) in [5, 5.41) is 2.81. The number of hydrogen-bond donors (Lipinski definition) is 1. The maximum atomic E-state index is 11.9. The molecule has 0 spiro atoms. The minimum atomic E-state index is -0.350. The van der Waals surface area contributed by atoms with Crippen LogP contribution < -0.4 is 5.32 Å². The van der Waals surface area contributed by atoms with Crippen molar-refractivity contribution in [2.45, 2.75) is 32.8 Å². The number of amides is 1. The van der Waals surface area contributed by atoms with Crippen LogP contribution in [-0.2, 0) is 4.74 Å². The van der Waals surface area contributed by atoms with Gasteiger partial charge in [0.05, 0.1) is 0 Å². The fourth-order valence-corrected chi connectivity index (χ4v) is 2.40. The number of rotatable bonds is 3. The number of carbonyl (C=O) groups is 1. The van der Waals surface area contributed by atoms with Gasteiger partial charge >= 0.3 is 6.09 Å². The standard InChI is InChI=1S/C15H22N2O2/c1-3-17-10-6-8-13(11-17)19-15(18)16-14-9-5-4-7-12(14)2/h4-5,7,9,13H,3,6,8,10-11H2,1-2H3,(H,16,18). The van der Waals surface area contributed by atoms with Crippen molar-refractivity contribution in [3.05, 3.63) is 29.8 Å². The number of ether oxygens (including phenoxy) is 1. The van der Waals surface area contributed by atoms with Crippen molar-refractivity contribution in [2.75, 3.05) is 25.0 Å². The van der Waals surface area contributed by atoms with E-state index in [1.807, 2.05) is 31.2 Å². The van der Waals surface area contributed by atoms with Gasteiger partial charge in [-0.2, -0.15) is 0 Å². The van der Waals surface area contributed by atoms with Crippen LogP contribution in [-0.4, -0.2) is 36.7 Å². The van der Waals surface area contributed by atoms with Crippen molar-refractivity contribution < 1.29 is 9.53 Å². The van der Waals surface area contributed by atoms with Gasteiger partial charge in [0.15, 0.2) is 0 Å². The quantitative estimate of drug-likeness (QED) is 0.910. The van der Waals surface area contributed by atoms with Crippen LogP contribution in [0.5, 0.6) is 0 Å². The number of anilines is 1. The van der Waals surface area contributed by atoms with Gasteiger partial charge in [0.25, 0.3) is 0 Å². The molecule has 19 heavy (non-hydrogen) atoms. The van der Waals surface area contributed by atoms with E-state index in [9.17, 15) is 4.79 Å². The summed E-state index contributed by atoms with van der Waals surface area (Å²) in [7, 11) is 0. The molecule has 0 radical (unpaired) electrons. The van der Waals surface area contributed by atoms with Crippen molar-refractivity contribution in [2.24, 2.45) is 0 Å². The summed E-state index contributed by atoms with van der Waals surface area (Å²) in [4.78, 5) is 14.2. The molecule has 1 saturated heterocycles. The largest absolute Gasteiger partial charge is 0.445 e. The molecule has 1 unspecified atom stereocenters. The summed E-state index contributed by atoms with van der Waals surface area (Å²) >= 11 is 0. The SMILES string of the molecule is CCN1CCCC(OC(=O)Nc2ccccc2C)C1. The summed E-state index contributed by atoms with van der Waals surface area (Å²) < 4.78 is 5.49.